The van der Waals surface area contributed by atoms with Gasteiger partial charge in [-0.1, -0.05) is 24.6 Å². The van der Waals surface area contributed by atoms with Crippen molar-refractivity contribution in [3.05, 3.63) is 83.7 Å². The molecule has 0 aromatic heterocycles. The van der Waals surface area contributed by atoms with Crippen LogP contribution in [0.25, 0.3) is 0 Å². The van der Waals surface area contributed by atoms with Gasteiger partial charge < -0.3 is 14.7 Å². The lowest BCUT2D eigenvalue weighted by molar-refractivity contribution is -0.134. The Morgan fingerprint density at radius 3 is 2.30 bits per heavy atom. The van der Waals surface area contributed by atoms with Crippen molar-refractivity contribution in [2.45, 2.75) is 49.1 Å². The summed E-state index contributed by atoms with van der Waals surface area (Å²) in [6, 6.07) is 15.0. The highest BCUT2D eigenvalue weighted by atomic mass is 32.2. The van der Waals surface area contributed by atoms with Gasteiger partial charge in [0, 0.05) is 30.8 Å². The second-order valence-electron chi connectivity index (χ2n) is 10.9. The molecular weight excluding hydrogens is 597 g/mol. The number of aliphatic hydroxyl groups is 1. The number of sulfonamides is 2. The third-order valence-corrected chi connectivity index (χ3v) is 10.7. The van der Waals surface area contributed by atoms with Gasteiger partial charge in [-0.05, 0) is 68.4 Å². The fourth-order valence-electron chi connectivity index (χ4n) is 4.78. The zero-order chi connectivity index (χ0) is 31.5. The number of nitrogens with zero attached hydrogens (tertiary/aromatic N) is 2. The summed E-state index contributed by atoms with van der Waals surface area (Å²) in [5.41, 5.74) is 1.53. The summed E-state index contributed by atoms with van der Waals surface area (Å²) in [5.74, 6) is -0.941. The molecule has 1 aliphatic rings. The first-order valence-corrected chi connectivity index (χ1v) is 16.6. The van der Waals surface area contributed by atoms with Crippen molar-refractivity contribution in [2.75, 3.05) is 31.5 Å². The molecular formula is C30H36FN3O7S2. The van der Waals surface area contributed by atoms with Crippen molar-refractivity contribution >= 4 is 31.6 Å². The van der Waals surface area contributed by atoms with Gasteiger partial charge in [-0.15, -0.1) is 0 Å². The summed E-state index contributed by atoms with van der Waals surface area (Å²) >= 11 is 0. The molecule has 0 saturated heterocycles. The average Bonchev–Trinajstić information content (AvgIpc) is 3.00. The molecule has 3 aromatic carbocycles. The van der Waals surface area contributed by atoms with Crippen LogP contribution in [0.3, 0.4) is 0 Å². The normalized spacial score (nSPS) is 18.7. The number of fused-ring (bicyclic) bond motifs is 1. The number of aryl methyl sites for hydroxylation is 1. The Bertz CT molecular complexity index is 1660. The van der Waals surface area contributed by atoms with E-state index >= 15 is 0 Å². The standard InChI is InChI=1S/C30H36FN3O7S2/c1-20-5-10-26(11-6-20)42(37,38)32-25-9-14-28-23(15-25)16-30(36)34(22(3)19-35)17-21(2)29(41-28)18-33(4)43(39,40)27-12-7-24(31)8-13-27/h5-15,21-22,29,32,35H,16-19H2,1-4H3/t21-,22-,29-/m0/s1. The summed E-state index contributed by atoms with van der Waals surface area (Å²) in [6.45, 7) is 5.17. The lowest BCUT2D eigenvalue weighted by Gasteiger charge is -2.33. The summed E-state index contributed by atoms with van der Waals surface area (Å²) in [6.07, 6.45) is -0.878. The topological polar surface area (TPSA) is 133 Å². The number of benzene rings is 3. The van der Waals surface area contributed by atoms with Gasteiger partial charge in [0.25, 0.3) is 10.0 Å². The molecule has 43 heavy (non-hydrogen) atoms. The quantitative estimate of drug-likeness (QED) is 0.369. The molecule has 0 aliphatic carbocycles. The van der Waals surface area contributed by atoms with Crippen LogP contribution in [-0.2, 0) is 31.3 Å². The lowest BCUT2D eigenvalue weighted by Crippen LogP contribution is -2.48. The molecule has 1 aliphatic heterocycles. The van der Waals surface area contributed by atoms with Gasteiger partial charge in [-0.2, -0.15) is 4.31 Å². The van der Waals surface area contributed by atoms with Gasteiger partial charge in [0.15, 0.2) is 0 Å². The smallest absolute Gasteiger partial charge is 0.261 e. The van der Waals surface area contributed by atoms with Crippen molar-refractivity contribution in [3.8, 4) is 5.75 Å². The van der Waals surface area contributed by atoms with Crippen LogP contribution in [0.2, 0.25) is 0 Å². The Labute approximate surface area is 252 Å². The minimum Gasteiger partial charge on any atom is -0.488 e. The Hall–Kier alpha value is -3.52. The van der Waals surface area contributed by atoms with E-state index in [-0.39, 0.29) is 53.4 Å². The van der Waals surface area contributed by atoms with Crippen molar-refractivity contribution in [1.82, 2.24) is 9.21 Å². The molecule has 4 rings (SSSR count). The number of nitrogens with one attached hydrogen (secondary N) is 1. The monoisotopic (exact) mass is 633 g/mol. The van der Waals surface area contributed by atoms with E-state index in [2.05, 4.69) is 4.72 Å². The maximum atomic E-state index is 13.5. The molecule has 0 fully saturated rings. The lowest BCUT2D eigenvalue weighted by atomic mass is 10.0. The largest absolute Gasteiger partial charge is 0.488 e. The first kappa shape index (κ1) is 32.4. The zero-order valence-corrected chi connectivity index (χ0v) is 26.0. The van der Waals surface area contributed by atoms with Crippen molar-refractivity contribution in [2.24, 2.45) is 5.92 Å². The van der Waals surface area contributed by atoms with Crippen LogP contribution in [0.15, 0.2) is 76.5 Å². The third-order valence-electron chi connectivity index (χ3n) is 7.46. The number of hydrogen-bond acceptors (Lipinski definition) is 7. The maximum Gasteiger partial charge on any atom is 0.261 e. The Kier molecular flexibility index (Phi) is 9.79. The SMILES string of the molecule is Cc1ccc(S(=O)(=O)Nc2ccc3c(c2)CC(=O)N([C@@H](C)CO)C[C@H](C)[C@H](CN(C)S(=O)(=O)c2ccc(F)cc2)O3)cc1. The van der Waals surface area contributed by atoms with Crippen LogP contribution in [0.4, 0.5) is 10.1 Å². The first-order chi connectivity index (χ1) is 20.2. The molecule has 3 aromatic rings. The number of halogens is 1. The number of aliphatic hydroxyl groups excluding tert-OH is 1. The minimum atomic E-state index is -4.00. The Morgan fingerprint density at radius 2 is 1.67 bits per heavy atom. The van der Waals surface area contributed by atoms with Gasteiger partial charge in [-0.3, -0.25) is 9.52 Å². The molecule has 0 saturated carbocycles. The van der Waals surface area contributed by atoms with Crippen LogP contribution in [-0.4, -0.2) is 75.9 Å². The maximum absolute atomic E-state index is 13.5. The number of amides is 1. The van der Waals surface area contributed by atoms with Gasteiger partial charge in [0.05, 0.1) is 35.4 Å². The number of anilines is 1. The summed E-state index contributed by atoms with van der Waals surface area (Å²) in [4.78, 5) is 15.0. The van der Waals surface area contributed by atoms with E-state index < -0.39 is 38.0 Å². The summed E-state index contributed by atoms with van der Waals surface area (Å²) in [7, 11) is -6.52. The molecule has 0 unspecified atom stereocenters. The average molecular weight is 634 g/mol. The van der Waals surface area contributed by atoms with Crippen LogP contribution < -0.4 is 9.46 Å². The van der Waals surface area contributed by atoms with Gasteiger partial charge in [0.1, 0.15) is 17.7 Å². The van der Waals surface area contributed by atoms with E-state index in [9.17, 15) is 31.1 Å². The highest BCUT2D eigenvalue weighted by molar-refractivity contribution is 7.92. The Morgan fingerprint density at radius 1 is 1.05 bits per heavy atom. The molecule has 1 amide bonds. The molecule has 0 bridgehead atoms. The van der Waals surface area contributed by atoms with Crippen molar-refractivity contribution in [3.63, 3.8) is 0 Å². The number of carbonyl (C=O) groups is 1. The molecule has 1 heterocycles. The molecule has 3 atom stereocenters. The van der Waals surface area contributed by atoms with E-state index in [4.69, 9.17) is 4.74 Å². The van der Waals surface area contributed by atoms with E-state index in [1.807, 2.05) is 13.8 Å². The number of hydrogen-bond donors (Lipinski definition) is 2. The van der Waals surface area contributed by atoms with Gasteiger partial charge in [-0.25, -0.2) is 21.2 Å². The molecule has 13 heteroatoms. The molecule has 0 spiro atoms. The first-order valence-electron chi connectivity index (χ1n) is 13.7. The number of carbonyl (C=O) groups excluding carboxylic acids is 1. The van der Waals surface area contributed by atoms with Crippen molar-refractivity contribution < 1.29 is 35.9 Å². The zero-order valence-electron chi connectivity index (χ0n) is 24.4. The Balaban J connectivity index is 1.68. The van der Waals surface area contributed by atoms with Gasteiger partial charge in [0.2, 0.25) is 15.9 Å². The highest BCUT2D eigenvalue weighted by Gasteiger charge is 2.33. The number of ether oxygens (including phenoxy) is 1. The van der Waals surface area contributed by atoms with Crippen LogP contribution in [0, 0.1) is 18.7 Å². The second kappa shape index (κ2) is 13.0. The minimum absolute atomic E-state index is 0.0798. The third kappa shape index (κ3) is 7.53. The fourth-order valence-corrected chi connectivity index (χ4v) is 7.01. The highest BCUT2D eigenvalue weighted by Crippen LogP contribution is 2.30. The predicted molar refractivity (Wildman–Crippen MR) is 160 cm³/mol. The fraction of sp³-hybridized carbons (Fsp3) is 0.367. The molecule has 2 N–H and O–H groups in total. The molecule has 232 valence electrons. The van der Waals surface area contributed by atoms with Crippen LogP contribution in [0.5, 0.6) is 5.75 Å². The van der Waals surface area contributed by atoms with E-state index in [0.29, 0.717) is 11.3 Å². The number of likely N-dealkylation sites (N-methyl/N-ethyl adjacent to an activating group) is 1. The number of rotatable bonds is 9. The van der Waals surface area contributed by atoms with Crippen molar-refractivity contribution in [1.29, 1.82) is 0 Å². The van der Waals surface area contributed by atoms with Gasteiger partial charge >= 0.3 is 0 Å². The summed E-state index contributed by atoms with van der Waals surface area (Å²) < 4.78 is 76.0. The van der Waals surface area contributed by atoms with Crippen LogP contribution in [0.1, 0.15) is 25.0 Å². The molecule has 0 radical (unpaired) electrons. The molecule has 10 nitrogen and oxygen atoms in total. The van der Waals surface area contributed by atoms with Crippen LogP contribution >= 0.6 is 0 Å². The second-order valence-corrected chi connectivity index (χ2v) is 14.6. The van der Waals surface area contributed by atoms with E-state index in [0.717, 1.165) is 22.0 Å². The van der Waals surface area contributed by atoms with E-state index in [1.54, 1.807) is 25.1 Å². The predicted octanol–water partition coefficient (Wildman–Crippen LogP) is 3.40. The van der Waals surface area contributed by atoms with E-state index in [1.165, 1.54) is 48.3 Å². The summed E-state index contributed by atoms with van der Waals surface area (Å²) in [5, 5.41) is 9.86.